The predicted octanol–water partition coefficient (Wildman–Crippen LogP) is 3.93. The Hall–Kier alpha value is -2.38. The zero-order valence-corrected chi connectivity index (χ0v) is 13.5. The van der Waals surface area contributed by atoms with Crippen molar-refractivity contribution in [1.29, 1.82) is 0 Å². The fraction of sp³-hybridized carbons (Fsp3) is 0.176. The van der Waals surface area contributed by atoms with Crippen LogP contribution in [0.2, 0.25) is 5.02 Å². The molecule has 0 aliphatic rings. The Balaban J connectivity index is 2.04. The first-order chi connectivity index (χ1) is 11.8. The summed E-state index contributed by atoms with van der Waals surface area (Å²) < 4.78 is 41.0. The van der Waals surface area contributed by atoms with Gasteiger partial charge in [-0.15, -0.1) is 0 Å². The smallest absolute Gasteiger partial charge is 0.388 e. The zero-order chi connectivity index (χ0) is 18.2. The van der Waals surface area contributed by atoms with Gasteiger partial charge in [-0.3, -0.25) is 4.79 Å². The molecule has 0 spiro atoms. The number of ketones is 1. The molecular weight excluding hydrogens is 357 g/mol. The lowest BCUT2D eigenvalue weighted by atomic mass is 10.1. The van der Waals surface area contributed by atoms with Crippen LogP contribution in [0.15, 0.2) is 42.5 Å². The number of alkyl halides is 3. The molecule has 0 bridgehead atoms. The Bertz CT molecular complexity index is 933. The van der Waals surface area contributed by atoms with Crippen molar-refractivity contribution in [3.63, 3.8) is 0 Å². The minimum absolute atomic E-state index is 0.0689. The summed E-state index contributed by atoms with van der Waals surface area (Å²) >= 11 is 5.83. The summed E-state index contributed by atoms with van der Waals surface area (Å²) in [5.41, 5.74) is 1.33. The van der Waals surface area contributed by atoms with Gasteiger partial charge in [0.25, 0.3) is 0 Å². The molecule has 0 aliphatic carbocycles. The number of Topliss-reactive ketones (excluding diaryl/α,β-unsaturated/α-hetero) is 1. The molecule has 0 radical (unpaired) electrons. The lowest BCUT2D eigenvalue weighted by molar-refractivity contribution is -0.146. The number of halogens is 4. The van der Waals surface area contributed by atoms with E-state index in [1.165, 1.54) is 30.3 Å². The van der Waals surface area contributed by atoms with Gasteiger partial charge in [-0.1, -0.05) is 35.9 Å². The molecule has 1 N–H and O–H groups in total. The lowest BCUT2D eigenvalue weighted by Gasteiger charge is -2.12. The maximum Gasteiger partial charge on any atom is 0.449 e. The van der Waals surface area contributed by atoms with Crippen molar-refractivity contribution in [2.75, 3.05) is 6.61 Å². The lowest BCUT2D eigenvalue weighted by Crippen LogP contribution is -2.15. The van der Waals surface area contributed by atoms with Crippen LogP contribution in [-0.4, -0.2) is 27.0 Å². The van der Waals surface area contributed by atoms with Gasteiger partial charge in [0.1, 0.15) is 6.61 Å². The first-order valence-electron chi connectivity index (χ1n) is 7.25. The van der Waals surface area contributed by atoms with Crippen LogP contribution in [0.1, 0.15) is 21.7 Å². The first-order valence-corrected chi connectivity index (χ1v) is 7.63. The molecule has 0 saturated heterocycles. The van der Waals surface area contributed by atoms with Crippen molar-refractivity contribution in [2.24, 2.45) is 0 Å². The van der Waals surface area contributed by atoms with E-state index in [1.54, 1.807) is 12.1 Å². The number of hydrogen-bond acceptors (Lipinski definition) is 3. The van der Waals surface area contributed by atoms with Crippen LogP contribution in [0.5, 0.6) is 0 Å². The van der Waals surface area contributed by atoms with Gasteiger partial charge >= 0.3 is 6.18 Å². The third kappa shape index (κ3) is 3.52. The number of aromatic nitrogens is 2. The fourth-order valence-corrected chi connectivity index (χ4v) is 2.72. The molecule has 0 unspecified atom stereocenters. The van der Waals surface area contributed by atoms with E-state index in [9.17, 15) is 18.0 Å². The van der Waals surface area contributed by atoms with E-state index in [4.69, 9.17) is 16.7 Å². The Morgan fingerprint density at radius 1 is 1.16 bits per heavy atom. The Labute approximate surface area is 145 Å². The van der Waals surface area contributed by atoms with E-state index >= 15 is 0 Å². The second-order valence-electron chi connectivity index (χ2n) is 5.43. The Kier molecular flexibility index (Phi) is 4.53. The molecule has 3 aromatic rings. The molecule has 0 atom stereocenters. The number of carbonyl (C=O) groups is 1. The van der Waals surface area contributed by atoms with Crippen LogP contribution in [0.3, 0.4) is 0 Å². The van der Waals surface area contributed by atoms with Crippen LogP contribution >= 0.6 is 11.6 Å². The van der Waals surface area contributed by atoms with Crippen molar-refractivity contribution in [3.05, 3.63) is 64.4 Å². The second-order valence-corrected chi connectivity index (χ2v) is 5.87. The second kappa shape index (κ2) is 6.50. The van der Waals surface area contributed by atoms with Gasteiger partial charge in [0, 0.05) is 17.1 Å². The normalized spacial score (nSPS) is 11.9. The summed E-state index contributed by atoms with van der Waals surface area (Å²) in [6.45, 7) is -0.689. The number of aliphatic hydroxyl groups is 1. The summed E-state index contributed by atoms with van der Waals surface area (Å²) in [5.74, 6) is -1.47. The molecule has 2 aromatic carbocycles. The van der Waals surface area contributed by atoms with Crippen LogP contribution in [-0.2, 0) is 12.7 Å². The quantitative estimate of drug-likeness (QED) is 0.710. The minimum Gasteiger partial charge on any atom is -0.388 e. The number of carbonyl (C=O) groups excluding carboxylic acids is 1. The summed E-state index contributed by atoms with van der Waals surface area (Å²) in [6, 6.07) is 10.4. The molecule has 130 valence electrons. The zero-order valence-electron chi connectivity index (χ0n) is 12.7. The SMILES string of the molecule is O=C(CO)c1ccc(Cn2c(C(F)(F)F)nc3cc(Cl)ccc32)cc1. The molecule has 0 saturated carbocycles. The largest absolute Gasteiger partial charge is 0.449 e. The van der Waals surface area contributed by atoms with Gasteiger partial charge in [-0.25, -0.2) is 4.98 Å². The fourth-order valence-electron chi connectivity index (χ4n) is 2.55. The van der Waals surface area contributed by atoms with Gasteiger partial charge in [0.2, 0.25) is 5.82 Å². The van der Waals surface area contributed by atoms with E-state index in [0.29, 0.717) is 21.7 Å². The Morgan fingerprint density at radius 2 is 1.84 bits per heavy atom. The topological polar surface area (TPSA) is 55.1 Å². The standard InChI is InChI=1S/C17H12ClF3N2O2/c18-12-5-6-14-13(7-12)22-16(17(19,20)21)23(14)8-10-1-3-11(4-2-10)15(25)9-24/h1-7,24H,8-9H2. The summed E-state index contributed by atoms with van der Waals surface area (Å²) in [5, 5.41) is 9.14. The molecule has 0 aliphatic heterocycles. The average Bonchev–Trinajstić information content (AvgIpc) is 2.92. The van der Waals surface area contributed by atoms with Crippen LogP contribution in [0, 0.1) is 0 Å². The van der Waals surface area contributed by atoms with E-state index in [-0.39, 0.29) is 12.1 Å². The minimum atomic E-state index is -4.61. The number of hydrogen-bond donors (Lipinski definition) is 1. The molecule has 1 aromatic heterocycles. The maximum atomic E-state index is 13.3. The van der Waals surface area contributed by atoms with E-state index in [2.05, 4.69) is 4.98 Å². The van der Waals surface area contributed by atoms with Crippen molar-refractivity contribution in [2.45, 2.75) is 12.7 Å². The molecule has 8 heteroatoms. The maximum absolute atomic E-state index is 13.3. The van der Waals surface area contributed by atoms with E-state index in [1.807, 2.05) is 0 Å². The molecule has 1 heterocycles. The van der Waals surface area contributed by atoms with Crippen molar-refractivity contribution < 1.29 is 23.1 Å². The van der Waals surface area contributed by atoms with E-state index in [0.717, 1.165) is 4.57 Å². The summed E-state index contributed by atoms with van der Waals surface area (Å²) in [7, 11) is 0. The highest BCUT2D eigenvalue weighted by Crippen LogP contribution is 2.32. The van der Waals surface area contributed by atoms with Crippen LogP contribution in [0.4, 0.5) is 13.2 Å². The van der Waals surface area contributed by atoms with Gasteiger partial charge in [0.15, 0.2) is 5.78 Å². The van der Waals surface area contributed by atoms with Gasteiger partial charge in [0.05, 0.1) is 11.0 Å². The highest BCUT2D eigenvalue weighted by atomic mass is 35.5. The predicted molar refractivity (Wildman–Crippen MR) is 86.7 cm³/mol. The number of fused-ring (bicyclic) bond motifs is 1. The van der Waals surface area contributed by atoms with Gasteiger partial charge in [-0.05, 0) is 23.8 Å². The van der Waals surface area contributed by atoms with Crippen molar-refractivity contribution in [3.8, 4) is 0 Å². The number of aliphatic hydroxyl groups excluding tert-OH is 1. The molecule has 4 nitrogen and oxygen atoms in total. The summed E-state index contributed by atoms with van der Waals surface area (Å²) in [6.07, 6.45) is -4.61. The average molecular weight is 369 g/mol. The van der Waals surface area contributed by atoms with Crippen LogP contribution in [0.25, 0.3) is 11.0 Å². The number of benzene rings is 2. The Morgan fingerprint density at radius 3 is 2.44 bits per heavy atom. The molecule has 3 rings (SSSR count). The number of rotatable bonds is 4. The molecule has 0 amide bonds. The molecular formula is C17H12ClF3N2O2. The highest BCUT2D eigenvalue weighted by molar-refractivity contribution is 6.31. The van der Waals surface area contributed by atoms with Gasteiger partial charge in [-0.2, -0.15) is 13.2 Å². The van der Waals surface area contributed by atoms with Crippen molar-refractivity contribution in [1.82, 2.24) is 9.55 Å². The monoisotopic (exact) mass is 368 g/mol. The number of nitrogens with zero attached hydrogens (tertiary/aromatic N) is 2. The van der Waals surface area contributed by atoms with E-state index < -0.39 is 24.4 Å². The van der Waals surface area contributed by atoms with Crippen LogP contribution < -0.4 is 0 Å². The summed E-state index contributed by atoms with van der Waals surface area (Å²) in [4.78, 5) is 15.1. The highest BCUT2D eigenvalue weighted by Gasteiger charge is 2.37. The van der Waals surface area contributed by atoms with Gasteiger partial charge < -0.3 is 9.67 Å². The first kappa shape index (κ1) is 17.4. The number of imidazole rings is 1. The third-order valence-electron chi connectivity index (χ3n) is 3.72. The third-order valence-corrected chi connectivity index (χ3v) is 3.96. The molecule has 0 fully saturated rings. The molecule has 25 heavy (non-hydrogen) atoms. The van der Waals surface area contributed by atoms with Crippen molar-refractivity contribution >= 4 is 28.4 Å².